The van der Waals surface area contributed by atoms with Crippen LogP contribution < -0.4 is 0 Å². The van der Waals surface area contributed by atoms with E-state index in [0.717, 1.165) is 12.8 Å². The first kappa shape index (κ1) is 25.2. The highest BCUT2D eigenvalue weighted by molar-refractivity contribution is 6.76. The van der Waals surface area contributed by atoms with Crippen molar-refractivity contribution in [3.63, 3.8) is 0 Å². The Labute approximate surface area is 155 Å². The van der Waals surface area contributed by atoms with E-state index in [2.05, 4.69) is 6.92 Å². The van der Waals surface area contributed by atoms with Crippen LogP contribution in [0.4, 0.5) is 0 Å². The zero-order valence-corrected chi connectivity index (χ0v) is 18.0. The topological polar surface area (TPSA) is 110 Å². The molecule has 0 fully saturated rings. The van der Waals surface area contributed by atoms with Gasteiger partial charge in [0.25, 0.3) is 0 Å². The molecule has 0 rings (SSSR count). The lowest BCUT2D eigenvalue weighted by molar-refractivity contribution is 0.138. The number of rotatable bonds is 18. The SMILES string of the molecule is CCCCCCCCCCCCCCCCO[Si](O)(O)C[Si](O)(O)O. The highest BCUT2D eigenvalue weighted by Gasteiger charge is 2.45. The minimum absolute atomic E-state index is 0.182. The maximum atomic E-state index is 9.48. The molecular weight excluding hydrogens is 356 g/mol. The first-order chi connectivity index (χ1) is 11.8. The fourth-order valence-corrected chi connectivity index (χ4v) is 6.24. The predicted octanol–water partition coefficient (Wildman–Crippen LogP) is 2.86. The average Bonchev–Trinajstić information content (AvgIpc) is 2.48. The summed E-state index contributed by atoms with van der Waals surface area (Å²) in [5.41, 5.74) is -0.821. The Morgan fingerprint density at radius 2 is 0.920 bits per heavy atom. The fourth-order valence-electron chi connectivity index (χ4n) is 2.89. The Morgan fingerprint density at radius 3 is 1.28 bits per heavy atom. The molecule has 0 heterocycles. The minimum atomic E-state index is -4.46. The van der Waals surface area contributed by atoms with E-state index in [0.29, 0.717) is 6.42 Å². The smallest absolute Gasteiger partial charge is 0.390 e. The number of hydrogen-bond acceptors (Lipinski definition) is 6. The highest BCUT2D eigenvalue weighted by atomic mass is 28.5. The molecule has 0 aliphatic carbocycles. The van der Waals surface area contributed by atoms with Gasteiger partial charge in [-0.2, -0.15) is 0 Å². The summed E-state index contributed by atoms with van der Waals surface area (Å²) < 4.78 is 4.92. The summed E-state index contributed by atoms with van der Waals surface area (Å²) in [5, 5.41) is 0. The quantitative estimate of drug-likeness (QED) is 0.180. The third-order valence-electron chi connectivity index (χ3n) is 4.30. The Balaban J connectivity index is 3.26. The van der Waals surface area contributed by atoms with Gasteiger partial charge in [-0.05, 0) is 6.42 Å². The lowest BCUT2D eigenvalue weighted by Crippen LogP contribution is -2.51. The van der Waals surface area contributed by atoms with Gasteiger partial charge < -0.3 is 28.4 Å². The maximum Gasteiger partial charge on any atom is 0.499 e. The van der Waals surface area contributed by atoms with E-state index in [1.165, 1.54) is 70.6 Å². The largest absolute Gasteiger partial charge is 0.499 e. The highest BCUT2D eigenvalue weighted by Crippen LogP contribution is 2.14. The molecule has 0 aliphatic rings. The number of unbranched alkanes of at least 4 members (excludes halogenated alkanes) is 13. The van der Waals surface area contributed by atoms with E-state index in [1.807, 2.05) is 0 Å². The summed E-state index contributed by atoms with van der Waals surface area (Å²) in [5.74, 6) is 0. The molecule has 0 saturated heterocycles. The molecular formula is C17H40O6Si2. The Hall–Kier alpha value is 0.194. The van der Waals surface area contributed by atoms with Crippen LogP contribution in [0.3, 0.4) is 0 Å². The molecule has 0 aromatic rings. The molecule has 0 amide bonds. The zero-order chi connectivity index (χ0) is 19.0. The molecule has 25 heavy (non-hydrogen) atoms. The van der Waals surface area contributed by atoms with Crippen LogP contribution in [0.15, 0.2) is 0 Å². The molecule has 0 spiro atoms. The van der Waals surface area contributed by atoms with Gasteiger partial charge in [0.15, 0.2) is 0 Å². The van der Waals surface area contributed by atoms with Crippen molar-refractivity contribution >= 4 is 17.6 Å². The van der Waals surface area contributed by atoms with Crippen LogP contribution in [0.5, 0.6) is 0 Å². The van der Waals surface area contributed by atoms with E-state index in [4.69, 9.17) is 18.8 Å². The van der Waals surface area contributed by atoms with Crippen molar-refractivity contribution in [2.75, 3.05) is 6.61 Å². The Morgan fingerprint density at radius 1 is 0.560 bits per heavy atom. The van der Waals surface area contributed by atoms with Crippen molar-refractivity contribution in [2.45, 2.75) is 102 Å². The van der Waals surface area contributed by atoms with Gasteiger partial charge in [-0.25, -0.2) is 0 Å². The van der Waals surface area contributed by atoms with Crippen LogP contribution in [0, 0.1) is 0 Å². The third-order valence-corrected chi connectivity index (χ3v) is 8.70. The second-order valence-corrected chi connectivity index (χ2v) is 11.9. The van der Waals surface area contributed by atoms with E-state index >= 15 is 0 Å². The van der Waals surface area contributed by atoms with E-state index in [1.54, 1.807) is 0 Å². The molecule has 0 aliphatic heterocycles. The van der Waals surface area contributed by atoms with E-state index in [9.17, 15) is 9.59 Å². The lowest BCUT2D eigenvalue weighted by atomic mass is 10.0. The third kappa shape index (κ3) is 20.4. The Kier molecular flexibility index (Phi) is 15.4. The molecule has 5 N–H and O–H groups in total. The lowest BCUT2D eigenvalue weighted by Gasteiger charge is -2.20. The summed E-state index contributed by atoms with van der Waals surface area (Å²) >= 11 is 0. The van der Waals surface area contributed by atoms with Gasteiger partial charge in [0.2, 0.25) is 0 Å². The summed E-state index contributed by atoms with van der Waals surface area (Å²) in [6, 6.07) is 0. The molecule has 0 unspecified atom stereocenters. The second kappa shape index (κ2) is 15.3. The van der Waals surface area contributed by atoms with Crippen molar-refractivity contribution in [1.82, 2.24) is 0 Å². The van der Waals surface area contributed by atoms with Gasteiger partial charge >= 0.3 is 17.6 Å². The molecule has 8 heteroatoms. The maximum absolute atomic E-state index is 9.48. The molecule has 152 valence electrons. The summed E-state index contributed by atoms with van der Waals surface area (Å²) in [4.78, 5) is 45.6. The molecule has 0 atom stereocenters. The summed E-state index contributed by atoms with van der Waals surface area (Å²) in [6.45, 7) is 2.43. The van der Waals surface area contributed by atoms with Crippen LogP contribution in [0.1, 0.15) is 96.8 Å². The first-order valence-electron chi connectivity index (χ1n) is 10.0. The standard InChI is InChI=1S/C17H40O6Si2/c1-2-3-4-5-6-7-8-9-10-11-12-13-14-15-16-23-25(21,22)17-24(18,19)20/h18-22H,2-17H2,1H3. The van der Waals surface area contributed by atoms with Crippen molar-refractivity contribution in [1.29, 1.82) is 0 Å². The van der Waals surface area contributed by atoms with Crippen molar-refractivity contribution in [2.24, 2.45) is 0 Å². The van der Waals surface area contributed by atoms with Gasteiger partial charge in [0.1, 0.15) is 0 Å². The van der Waals surface area contributed by atoms with Gasteiger partial charge in [-0.3, -0.25) is 0 Å². The van der Waals surface area contributed by atoms with Crippen molar-refractivity contribution in [3.8, 4) is 0 Å². The van der Waals surface area contributed by atoms with Gasteiger partial charge in [-0.1, -0.05) is 90.4 Å². The van der Waals surface area contributed by atoms with Gasteiger partial charge in [-0.15, -0.1) is 0 Å². The normalized spacial score (nSPS) is 12.7. The van der Waals surface area contributed by atoms with Crippen LogP contribution in [0.2, 0.25) is 5.67 Å². The van der Waals surface area contributed by atoms with E-state index in [-0.39, 0.29) is 6.61 Å². The molecule has 0 saturated carbocycles. The van der Waals surface area contributed by atoms with Gasteiger partial charge in [0.05, 0.1) is 5.67 Å². The average molecular weight is 397 g/mol. The van der Waals surface area contributed by atoms with Crippen molar-refractivity contribution in [3.05, 3.63) is 0 Å². The van der Waals surface area contributed by atoms with Crippen molar-refractivity contribution < 1.29 is 28.4 Å². The summed E-state index contributed by atoms with van der Waals surface area (Å²) in [6.07, 6.45) is 17.4. The molecule has 0 bridgehead atoms. The monoisotopic (exact) mass is 396 g/mol. The molecule has 0 aromatic carbocycles. The van der Waals surface area contributed by atoms with Crippen LogP contribution in [-0.2, 0) is 4.43 Å². The Bertz CT molecular complexity index is 297. The fraction of sp³-hybridized carbons (Fsp3) is 1.00. The van der Waals surface area contributed by atoms with E-state index < -0.39 is 23.3 Å². The summed E-state index contributed by atoms with van der Waals surface area (Å²) in [7, 11) is -8.60. The number of hydrogen-bond donors (Lipinski definition) is 5. The predicted molar refractivity (Wildman–Crippen MR) is 104 cm³/mol. The van der Waals surface area contributed by atoms with Gasteiger partial charge in [0, 0.05) is 6.61 Å². The zero-order valence-electron chi connectivity index (χ0n) is 16.0. The molecule has 6 nitrogen and oxygen atoms in total. The second-order valence-electron chi connectivity index (χ2n) is 7.14. The minimum Gasteiger partial charge on any atom is -0.390 e. The van der Waals surface area contributed by atoms with Crippen LogP contribution in [0.25, 0.3) is 0 Å². The molecule has 0 aromatic heterocycles. The van der Waals surface area contributed by atoms with Crippen LogP contribution >= 0.6 is 0 Å². The first-order valence-corrected chi connectivity index (χ1v) is 14.1. The molecule has 0 radical (unpaired) electrons. The van der Waals surface area contributed by atoms with Crippen LogP contribution in [-0.4, -0.2) is 48.2 Å².